The van der Waals surface area contributed by atoms with Gasteiger partial charge < -0.3 is 5.11 Å². The standard InChI is InChI=1S/C12H12ClFO/c13-12-5-4-9(14)7-11(12)8-2-1-3-10(15)6-8/h4-7,10,15H,1-3H2. The van der Waals surface area contributed by atoms with Gasteiger partial charge in [-0.05, 0) is 48.6 Å². The fraction of sp³-hybridized carbons (Fsp3) is 0.333. The third-order valence-corrected chi connectivity index (χ3v) is 2.94. The number of hydrogen-bond acceptors (Lipinski definition) is 1. The van der Waals surface area contributed by atoms with E-state index in [0.717, 1.165) is 24.8 Å². The first-order valence-electron chi connectivity index (χ1n) is 5.01. The van der Waals surface area contributed by atoms with Crippen LogP contribution < -0.4 is 0 Å². The molecule has 0 aromatic heterocycles. The molecular formula is C12H12ClFO. The van der Waals surface area contributed by atoms with Crippen molar-refractivity contribution < 1.29 is 9.50 Å². The highest BCUT2D eigenvalue weighted by atomic mass is 35.5. The molecule has 80 valence electrons. The number of aliphatic hydroxyl groups excluding tert-OH is 1. The number of hydrogen-bond donors (Lipinski definition) is 1. The molecule has 1 N–H and O–H groups in total. The van der Waals surface area contributed by atoms with E-state index >= 15 is 0 Å². The summed E-state index contributed by atoms with van der Waals surface area (Å²) >= 11 is 5.99. The summed E-state index contributed by atoms with van der Waals surface area (Å²) in [7, 11) is 0. The van der Waals surface area contributed by atoms with E-state index in [1.54, 1.807) is 12.1 Å². The summed E-state index contributed by atoms with van der Waals surface area (Å²) in [5, 5.41) is 10.0. The smallest absolute Gasteiger partial charge is 0.123 e. The molecule has 0 saturated carbocycles. The van der Waals surface area contributed by atoms with Crippen molar-refractivity contribution in [1.29, 1.82) is 0 Å². The summed E-state index contributed by atoms with van der Waals surface area (Å²) in [6.45, 7) is 0. The molecule has 0 heterocycles. The summed E-state index contributed by atoms with van der Waals surface area (Å²) in [6, 6.07) is 4.31. The van der Waals surface area contributed by atoms with Gasteiger partial charge in [0, 0.05) is 5.02 Å². The number of allylic oxidation sites excluding steroid dienone is 1. The van der Waals surface area contributed by atoms with E-state index in [2.05, 4.69) is 0 Å². The Morgan fingerprint density at radius 2 is 2.20 bits per heavy atom. The second-order valence-electron chi connectivity index (χ2n) is 3.78. The maximum Gasteiger partial charge on any atom is 0.123 e. The maximum atomic E-state index is 13.1. The summed E-state index contributed by atoms with van der Waals surface area (Å²) in [4.78, 5) is 0. The average Bonchev–Trinajstić information content (AvgIpc) is 2.22. The molecule has 1 aromatic carbocycles. The van der Waals surface area contributed by atoms with Crippen LogP contribution in [0.4, 0.5) is 4.39 Å². The van der Waals surface area contributed by atoms with Crippen molar-refractivity contribution in [3.05, 3.63) is 40.7 Å². The number of aliphatic hydroxyl groups is 1. The molecule has 0 amide bonds. The van der Waals surface area contributed by atoms with Gasteiger partial charge in [0.2, 0.25) is 0 Å². The van der Waals surface area contributed by atoms with Crippen molar-refractivity contribution in [3.63, 3.8) is 0 Å². The molecule has 1 unspecified atom stereocenters. The molecule has 1 nitrogen and oxygen atoms in total. The second-order valence-corrected chi connectivity index (χ2v) is 4.18. The molecule has 1 aliphatic carbocycles. The predicted octanol–water partition coefficient (Wildman–Crippen LogP) is 3.41. The van der Waals surface area contributed by atoms with Crippen LogP contribution in [-0.2, 0) is 0 Å². The van der Waals surface area contributed by atoms with Crippen molar-refractivity contribution in [2.75, 3.05) is 0 Å². The van der Waals surface area contributed by atoms with Crippen LogP contribution in [-0.4, -0.2) is 11.2 Å². The lowest BCUT2D eigenvalue weighted by atomic mass is 9.92. The topological polar surface area (TPSA) is 20.2 Å². The number of halogens is 2. The second kappa shape index (κ2) is 4.33. The van der Waals surface area contributed by atoms with E-state index in [9.17, 15) is 9.50 Å². The molecule has 0 aliphatic heterocycles. The van der Waals surface area contributed by atoms with E-state index in [4.69, 9.17) is 11.6 Å². The normalized spacial score (nSPS) is 21.3. The molecule has 1 aliphatic rings. The lowest BCUT2D eigenvalue weighted by Gasteiger charge is -2.18. The molecular weight excluding hydrogens is 215 g/mol. The Hall–Kier alpha value is -0.860. The van der Waals surface area contributed by atoms with Crippen molar-refractivity contribution >= 4 is 17.2 Å². The van der Waals surface area contributed by atoms with Crippen LogP contribution in [0.2, 0.25) is 5.02 Å². The van der Waals surface area contributed by atoms with Crippen LogP contribution >= 0.6 is 11.6 Å². The molecule has 0 fully saturated rings. The molecule has 0 bridgehead atoms. The monoisotopic (exact) mass is 226 g/mol. The highest BCUT2D eigenvalue weighted by Crippen LogP contribution is 2.31. The van der Waals surface area contributed by atoms with Crippen LogP contribution in [0.15, 0.2) is 24.3 Å². The van der Waals surface area contributed by atoms with Gasteiger partial charge in [0.15, 0.2) is 0 Å². The van der Waals surface area contributed by atoms with Crippen molar-refractivity contribution in [2.45, 2.75) is 25.4 Å². The number of benzene rings is 1. The predicted molar refractivity (Wildman–Crippen MR) is 59.2 cm³/mol. The Balaban J connectivity index is 2.40. The zero-order chi connectivity index (χ0) is 10.8. The van der Waals surface area contributed by atoms with Gasteiger partial charge in [-0.25, -0.2) is 4.39 Å². The Morgan fingerprint density at radius 3 is 2.93 bits per heavy atom. The minimum Gasteiger partial charge on any atom is -0.389 e. The highest BCUT2D eigenvalue weighted by molar-refractivity contribution is 6.32. The van der Waals surface area contributed by atoms with Crippen molar-refractivity contribution in [1.82, 2.24) is 0 Å². The van der Waals surface area contributed by atoms with E-state index in [1.165, 1.54) is 12.1 Å². The molecule has 1 aromatic rings. The first kappa shape index (κ1) is 10.7. The lowest BCUT2D eigenvalue weighted by Crippen LogP contribution is -2.08. The zero-order valence-electron chi connectivity index (χ0n) is 8.21. The largest absolute Gasteiger partial charge is 0.389 e. The molecule has 2 rings (SSSR count). The Morgan fingerprint density at radius 1 is 1.40 bits per heavy atom. The molecule has 15 heavy (non-hydrogen) atoms. The van der Waals surface area contributed by atoms with Crippen molar-refractivity contribution in [3.8, 4) is 0 Å². The zero-order valence-corrected chi connectivity index (χ0v) is 8.97. The molecule has 0 spiro atoms. The van der Waals surface area contributed by atoms with Crippen LogP contribution in [0, 0.1) is 5.82 Å². The first-order chi connectivity index (χ1) is 7.16. The van der Waals surface area contributed by atoms with E-state index in [0.29, 0.717) is 10.6 Å². The molecule has 0 saturated heterocycles. The summed E-state index contributed by atoms with van der Waals surface area (Å²) < 4.78 is 13.1. The van der Waals surface area contributed by atoms with Gasteiger partial charge in [0.1, 0.15) is 5.82 Å². The van der Waals surface area contributed by atoms with Gasteiger partial charge in [0.25, 0.3) is 0 Å². The molecule has 0 radical (unpaired) electrons. The van der Waals surface area contributed by atoms with Gasteiger partial charge in [0.05, 0.1) is 6.10 Å². The number of rotatable bonds is 1. The Kier molecular flexibility index (Phi) is 3.08. The minimum absolute atomic E-state index is 0.296. The van der Waals surface area contributed by atoms with Gasteiger partial charge in [-0.1, -0.05) is 17.7 Å². The van der Waals surface area contributed by atoms with Gasteiger partial charge in [-0.3, -0.25) is 0 Å². The van der Waals surface area contributed by atoms with Gasteiger partial charge in [-0.2, -0.15) is 0 Å². The minimum atomic E-state index is -0.423. The third-order valence-electron chi connectivity index (χ3n) is 2.61. The summed E-state index contributed by atoms with van der Waals surface area (Å²) in [5.74, 6) is -0.296. The van der Waals surface area contributed by atoms with Crippen LogP contribution in [0.3, 0.4) is 0 Å². The Labute approximate surface area is 93.2 Å². The van der Waals surface area contributed by atoms with Crippen LogP contribution in [0.1, 0.15) is 24.8 Å². The van der Waals surface area contributed by atoms with E-state index < -0.39 is 6.10 Å². The quantitative estimate of drug-likeness (QED) is 0.778. The first-order valence-corrected chi connectivity index (χ1v) is 5.39. The average molecular weight is 227 g/mol. The lowest BCUT2D eigenvalue weighted by molar-refractivity contribution is 0.206. The van der Waals surface area contributed by atoms with Crippen LogP contribution in [0.5, 0.6) is 0 Å². The third kappa shape index (κ3) is 2.39. The van der Waals surface area contributed by atoms with Crippen molar-refractivity contribution in [2.24, 2.45) is 0 Å². The fourth-order valence-electron chi connectivity index (χ4n) is 1.87. The van der Waals surface area contributed by atoms with Gasteiger partial charge >= 0.3 is 0 Å². The maximum absolute atomic E-state index is 13.1. The summed E-state index contributed by atoms with van der Waals surface area (Å²) in [5.41, 5.74) is 1.65. The van der Waals surface area contributed by atoms with Gasteiger partial charge in [-0.15, -0.1) is 0 Å². The van der Waals surface area contributed by atoms with E-state index in [1.807, 2.05) is 0 Å². The highest BCUT2D eigenvalue weighted by Gasteiger charge is 2.14. The van der Waals surface area contributed by atoms with Crippen LogP contribution in [0.25, 0.3) is 5.57 Å². The molecule has 1 atom stereocenters. The molecule has 3 heteroatoms. The Bertz CT molecular complexity index is 401. The summed E-state index contributed by atoms with van der Waals surface area (Å²) in [6.07, 6.45) is 3.88. The van der Waals surface area contributed by atoms with E-state index in [-0.39, 0.29) is 5.82 Å². The SMILES string of the molecule is OC1C=C(c2cc(F)ccc2Cl)CCC1. The fourth-order valence-corrected chi connectivity index (χ4v) is 2.11.